The maximum absolute atomic E-state index is 12.0. The molecule has 33 heavy (non-hydrogen) atoms. The molecule has 0 bridgehead atoms. The first-order valence-electron chi connectivity index (χ1n) is 10.2. The van der Waals surface area contributed by atoms with Crippen LogP contribution in [0.25, 0.3) is 0 Å². The van der Waals surface area contributed by atoms with Gasteiger partial charge in [0.05, 0.1) is 6.21 Å². The minimum atomic E-state index is -0.907. The SMILES string of the molecule is CC(=O)Nc1ccc(NC(=O)C(=O)N/N=C/c2ccc(OCc3ccccc3C)cc2)cc1. The Kier molecular flexibility index (Phi) is 7.91. The molecule has 0 spiro atoms. The highest BCUT2D eigenvalue weighted by molar-refractivity contribution is 6.39. The molecule has 0 radical (unpaired) electrons. The van der Waals surface area contributed by atoms with Crippen LogP contribution in [0.3, 0.4) is 0 Å². The van der Waals surface area contributed by atoms with Crippen molar-refractivity contribution in [1.29, 1.82) is 0 Å². The topological polar surface area (TPSA) is 109 Å². The van der Waals surface area contributed by atoms with Crippen molar-refractivity contribution in [3.8, 4) is 5.75 Å². The predicted molar refractivity (Wildman–Crippen MR) is 127 cm³/mol. The first-order valence-corrected chi connectivity index (χ1v) is 10.2. The summed E-state index contributed by atoms with van der Waals surface area (Å²) in [7, 11) is 0. The summed E-state index contributed by atoms with van der Waals surface area (Å²) in [5, 5.41) is 8.88. The van der Waals surface area contributed by atoms with Gasteiger partial charge in [0.25, 0.3) is 0 Å². The Morgan fingerprint density at radius 2 is 1.48 bits per heavy atom. The quantitative estimate of drug-likeness (QED) is 0.294. The van der Waals surface area contributed by atoms with E-state index < -0.39 is 11.8 Å². The number of aryl methyl sites for hydroxylation is 1. The van der Waals surface area contributed by atoms with Crippen LogP contribution in [0.15, 0.2) is 77.9 Å². The zero-order valence-electron chi connectivity index (χ0n) is 18.3. The van der Waals surface area contributed by atoms with Crippen LogP contribution in [0, 0.1) is 6.92 Å². The van der Waals surface area contributed by atoms with E-state index >= 15 is 0 Å². The molecule has 0 aliphatic rings. The highest BCUT2D eigenvalue weighted by atomic mass is 16.5. The Bertz CT molecular complexity index is 1160. The van der Waals surface area contributed by atoms with Gasteiger partial charge in [-0.15, -0.1) is 0 Å². The standard InChI is InChI=1S/C25H24N4O4/c1-17-5-3-4-6-20(17)16-33-23-13-7-19(8-14-23)15-26-29-25(32)24(31)28-22-11-9-21(10-12-22)27-18(2)30/h3-15H,16H2,1-2H3,(H,27,30)(H,28,31)(H,29,32)/b26-15+. The zero-order chi connectivity index (χ0) is 23.6. The lowest BCUT2D eigenvalue weighted by atomic mass is 10.1. The number of carbonyl (C=O) groups is 3. The molecule has 0 fully saturated rings. The number of benzene rings is 3. The van der Waals surface area contributed by atoms with Gasteiger partial charge >= 0.3 is 11.8 Å². The third-order valence-electron chi connectivity index (χ3n) is 4.58. The van der Waals surface area contributed by atoms with Crippen molar-refractivity contribution in [3.05, 3.63) is 89.5 Å². The van der Waals surface area contributed by atoms with E-state index in [4.69, 9.17) is 4.74 Å². The molecule has 0 saturated carbocycles. The first-order chi connectivity index (χ1) is 15.9. The van der Waals surface area contributed by atoms with Crippen LogP contribution in [0.2, 0.25) is 0 Å². The van der Waals surface area contributed by atoms with E-state index in [-0.39, 0.29) is 5.91 Å². The Hall–Kier alpha value is -4.46. The van der Waals surface area contributed by atoms with Gasteiger partial charge in [0, 0.05) is 18.3 Å². The summed E-state index contributed by atoms with van der Waals surface area (Å²) in [6.45, 7) is 3.91. The molecule has 0 saturated heterocycles. The number of ether oxygens (including phenoxy) is 1. The first kappa shape index (κ1) is 23.2. The average Bonchev–Trinajstić information content (AvgIpc) is 2.80. The number of hydrazone groups is 1. The smallest absolute Gasteiger partial charge is 0.329 e. The molecule has 0 aliphatic carbocycles. The molecule has 0 unspecified atom stereocenters. The third-order valence-corrected chi connectivity index (χ3v) is 4.58. The fraction of sp³-hybridized carbons (Fsp3) is 0.120. The minimum absolute atomic E-state index is 0.201. The van der Waals surface area contributed by atoms with E-state index in [1.54, 1.807) is 48.5 Å². The number of nitrogens with one attached hydrogen (secondary N) is 3. The number of carbonyl (C=O) groups excluding carboxylic acids is 3. The van der Waals surface area contributed by atoms with Gasteiger partial charge in [-0.05, 0) is 72.1 Å². The average molecular weight is 444 g/mol. The molecule has 0 atom stereocenters. The van der Waals surface area contributed by atoms with Gasteiger partial charge in [-0.3, -0.25) is 14.4 Å². The van der Waals surface area contributed by atoms with E-state index in [0.717, 1.165) is 11.1 Å². The molecule has 8 heteroatoms. The molecule has 0 aromatic heterocycles. The van der Waals surface area contributed by atoms with Crippen LogP contribution in [-0.4, -0.2) is 23.9 Å². The van der Waals surface area contributed by atoms with Crippen molar-refractivity contribution >= 4 is 35.3 Å². The summed E-state index contributed by atoms with van der Waals surface area (Å²) in [5.74, 6) is -1.26. The molecular formula is C25H24N4O4. The molecular weight excluding hydrogens is 420 g/mol. The Balaban J connectivity index is 1.45. The van der Waals surface area contributed by atoms with Crippen LogP contribution in [0.4, 0.5) is 11.4 Å². The fourth-order valence-corrected chi connectivity index (χ4v) is 2.83. The Morgan fingerprint density at radius 3 is 2.12 bits per heavy atom. The van der Waals surface area contributed by atoms with E-state index in [1.807, 2.05) is 31.2 Å². The van der Waals surface area contributed by atoms with E-state index in [1.165, 1.54) is 18.7 Å². The highest BCUT2D eigenvalue weighted by Gasteiger charge is 2.12. The molecule has 0 aliphatic heterocycles. The normalized spacial score (nSPS) is 10.5. The number of amides is 3. The molecule has 3 rings (SSSR count). The van der Waals surface area contributed by atoms with Gasteiger partial charge in [-0.1, -0.05) is 24.3 Å². The lowest BCUT2D eigenvalue weighted by molar-refractivity contribution is -0.136. The maximum atomic E-state index is 12.0. The molecule has 3 aromatic carbocycles. The Morgan fingerprint density at radius 1 is 0.848 bits per heavy atom. The molecule has 3 N–H and O–H groups in total. The lowest BCUT2D eigenvalue weighted by Gasteiger charge is -2.08. The van der Waals surface area contributed by atoms with Crippen LogP contribution >= 0.6 is 0 Å². The lowest BCUT2D eigenvalue weighted by Crippen LogP contribution is -2.32. The maximum Gasteiger partial charge on any atom is 0.329 e. The van der Waals surface area contributed by atoms with Crippen molar-refractivity contribution in [2.75, 3.05) is 10.6 Å². The second-order valence-corrected chi connectivity index (χ2v) is 7.20. The number of rotatable bonds is 7. The number of hydrogen-bond donors (Lipinski definition) is 3. The second-order valence-electron chi connectivity index (χ2n) is 7.20. The number of anilines is 2. The summed E-state index contributed by atoms with van der Waals surface area (Å²) < 4.78 is 5.80. The number of hydrogen-bond acceptors (Lipinski definition) is 5. The van der Waals surface area contributed by atoms with Crippen molar-refractivity contribution in [3.63, 3.8) is 0 Å². The van der Waals surface area contributed by atoms with Gasteiger partial charge < -0.3 is 15.4 Å². The second kappa shape index (κ2) is 11.2. The van der Waals surface area contributed by atoms with Crippen LogP contribution in [0.5, 0.6) is 5.75 Å². The summed E-state index contributed by atoms with van der Waals surface area (Å²) in [6.07, 6.45) is 1.43. The van der Waals surface area contributed by atoms with Gasteiger partial charge in [0.15, 0.2) is 0 Å². The van der Waals surface area contributed by atoms with Crippen molar-refractivity contribution in [2.45, 2.75) is 20.5 Å². The zero-order valence-corrected chi connectivity index (χ0v) is 18.3. The van der Waals surface area contributed by atoms with Crippen molar-refractivity contribution < 1.29 is 19.1 Å². The predicted octanol–water partition coefficient (Wildman–Crippen LogP) is 3.62. The highest BCUT2D eigenvalue weighted by Crippen LogP contribution is 2.15. The van der Waals surface area contributed by atoms with Gasteiger partial charge in [0.2, 0.25) is 5.91 Å². The van der Waals surface area contributed by atoms with Crippen LogP contribution < -0.4 is 20.8 Å². The molecule has 3 amide bonds. The summed E-state index contributed by atoms with van der Waals surface area (Å²) in [5.41, 5.74) is 6.20. The molecule has 0 heterocycles. The Labute approximate surface area is 191 Å². The van der Waals surface area contributed by atoms with E-state index in [9.17, 15) is 14.4 Å². The van der Waals surface area contributed by atoms with E-state index in [0.29, 0.717) is 23.7 Å². The number of nitrogens with zero attached hydrogens (tertiary/aromatic N) is 1. The van der Waals surface area contributed by atoms with Gasteiger partial charge in [0.1, 0.15) is 12.4 Å². The van der Waals surface area contributed by atoms with Crippen molar-refractivity contribution in [2.24, 2.45) is 5.10 Å². The minimum Gasteiger partial charge on any atom is -0.489 e. The third kappa shape index (κ3) is 7.32. The summed E-state index contributed by atoms with van der Waals surface area (Å²) in [6, 6.07) is 21.6. The molecule has 3 aromatic rings. The van der Waals surface area contributed by atoms with Gasteiger partial charge in [-0.2, -0.15) is 5.10 Å². The van der Waals surface area contributed by atoms with Crippen LogP contribution in [0.1, 0.15) is 23.6 Å². The summed E-state index contributed by atoms with van der Waals surface area (Å²) in [4.78, 5) is 35.0. The van der Waals surface area contributed by atoms with Crippen LogP contribution in [-0.2, 0) is 21.0 Å². The monoisotopic (exact) mass is 444 g/mol. The summed E-state index contributed by atoms with van der Waals surface area (Å²) >= 11 is 0. The fourth-order valence-electron chi connectivity index (χ4n) is 2.83. The van der Waals surface area contributed by atoms with Crippen molar-refractivity contribution in [1.82, 2.24) is 5.43 Å². The van der Waals surface area contributed by atoms with E-state index in [2.05, 4.69) is 21.2 Å². The molecule has 168 valence electrons. The largest absolute Gasteiger partial charge is 0.489 e. The van der Waals surface area contributed by atoms with Gasteiger partial charge in [-0.25, -0.2) is 5.43 Å². The molecule has 8 nitrogen and oxygen atoms in total.